The van der Waals surface area contributed by atoms with Gasteiger partial charge < -0.3 is 10.0 Å². The topological polar surface area (TPSA) is 23.5 Å². The van der Waals surface area contributed by atoms with Gasteiger partial charge in [-0.15, -0.1) is 0 Å². The van der Waals surface area contributed by atoms with Crippen LogP contribution in [0, 0.1) is 29.6 Å². The van der Waals surface area contributed by atoms with E-state index in [1.165, 1.54) is 51.4 Å². The Balaban J connectivity index is 1.44. The van der Waals surface area contributed by atoms with Crippen LogP contribution in [0.5, 0.6) is 0 Å². The molecule has 0 spiro atoms. The van der Waals surface area contributed by atoms with Gasteiger partial charge in [0.15, 0.2) is 0 Å². The highest BCUT2D eigenvalue weighted by Gasteiger charge is 2.58. The van der Waals surface area contributed by atoms with E-state index >= 15 is 0 Å². The molecule has 2 aliphatic heterocycles. The van der Waals surface area contributed by atoms with E-state index in [2.05, 4.69) is 11.9 Å². The van der Waals surface area contributed by atoms with Crippen molar-refractivity contribution >= 4 is 0 Å². The first-order chi connectivity index (χ1) is 10.1. The van der Waals surface area contributed by atoms with E-state index in [0.29, 0.717) is 18.0 Å². The third-order valence-corrected chi connectivity index (χ3v) is 8.25. The predicted octanol–water partition coefficient (Wildman–Crippen LogP) is 3.44. The Hall–Kier alpha value is -0.0800. The number of aliphatic hydroxyl groups is 1. The van der Waals surface area contributed by atoms with Gasteiger partial charge in [-0.05, 0) is 94.4 Å². The Bertz CT molecular complexity index is 391. The molecule has 0 amide bonds. The molecular weight excluding hydrogens is 258 g/mol. The standard InChI is InChI=1S/C19H31NO/c1-20-16-3-2-4-17(20)11-19(21,10-16)18-14-6-12-5-13(8-14)9-15(18)7-12/h12-18,21H,2-11H2,1H3. The molecule has 4 saturated carbocycles. The summed E-state index contributed by atoms with van der Waals surface area (Å²) in [6.07, 6.45) is 13.5. The molecule has 2 unspecified atom stereocenters. The third-order valence-electron chi connectivity index (χ3n) is 8.25. The SMILES string of the molecule is CN1C2CCCC1CC(O)(C1C3CC4CC(C3)CC1C4)C2. The van der Waals surface area contributed by atoms with Gasteiger partial charge in [-0.3, -0.25) is 0 Å². The van der Waals surface area contributed by atoms with Crippen LogP contribution < -0.4 is 0 Å². The fraction of sp³-hybridized carbons (Fsp3) is 1.00. The maximum atomic E-state index is 11.7. The Morgan fingerprint density at radius 1 is 0.857 bits per heavy atom. The second kappa shape index (κ2) is 4.47. The zero-order valence-electron chi connectivity index (χ0n) is 13.5. The van der Waals surface area contributed by atoms with E-state index in [0.717, 1.165) is 36.5 Å². The van der Waals surface area contributed by atoms with Crippen LogP contribution in [0.15, 0.2) is 0 Å². The molecular formula is C19H31NO. The molecule has 2 nitrogen and oxygen atoms in total. The molecule has 0 aromatic heterocycles. The van der Waals surface area contributed by atoms with Gasteiger partial charge in [0.05, 0.1) is 5.60 Å². The number of piperidine rings is 2. The second-order valence-electron chi connectivity index (χ2n) is 9.37. The maximum absolute atomic E-state index is 11.7. The molecule has 21 heavy (non-hydrogen) atoms. The summed E-state index contributed by atoms with van der Waals surface area (Å²) in [7, 11) is 2.31. The lowest BCUT2D eigenvalue weighted by Crippen LogP contribution is -2.63. The summed E-state index contributed by atoms with van der Waals surface area (Å²) in [5, 5.41) is 11.7. The fourth-order valence-corrected chi connectivity index (χ4v) is 7.76. The summed E-state index contributed by atoms with van der Waals surface area (Å²) >= 11 is 0. The van der Waals surface area contributed by atoms with Crippen molar-refractivity contribution in [3.05, 3.63) is 0 Å². The van der Waals surface area contributed by atoms with E-state index < -0.39 is 0 Å². The first-order valence-corrected chi connectivity index (χ1v) is 9.57. The molecule has 0 aromatic rings. The summed E-state index contributed by atoms with van der Waals surface area (Å²) < 4.78 is 0. The van der Waals surface area contributed by atoms with Gasteiger partial charge in [0, 0.05) is 12.1 Å². The highest BCUT2D eigenvalue weighted by atomic mass is 16.3. The van der Waals surface area contributed by atoms with Crippen LogP contribution in [0.4, 0.5) is 0 Å². The van der Waals surface area contributed by atoms with Crippen LogP contribution in [-0.2, 0) is 0 Å². The molecule has 2 heteroatoms. The average molecular weight is 289 g/mol. The molecule has 0 radical (unpaired) electrons. The zero-order chi connectivity index (χ0) is 14.2. The van der Waals surface area contributed by atoms with Crippen LogP contribution in [0.25, 0.3) is 0 Å². The first kappa shape index (κ1) is 13.4. The minimum absolute atomic E-state index is 0.315. The molecule has 6 bridgehead atoms. The summed E-state index contributed by atoms with van der Waals surface area (Å²) in [5.74, 6) is 4.45. The number of hydrogen-bond donors (Lipinski definition) is 1. The summed E-state index contributed by atoms with van der Waals surface area (Å²) in [4.78, 5) is 2.61. The molecule has 0 aromatic carbocycles. The highest BCUT2D eigenvalue weighted by Crippen LogP contribution is 2.61. The molecule has 6 rings (SSSR count). The molecule has 6 fully saturated rings. The van der Waals surface area contributed by atoms with Crippen LogP contribution in [0.1, 0.15) is 64.2 Å². The van der Waals surface area contributed by atoms with Crippen LogP contribution >= 0.6 is 0 Å². The van der Waals surface area contributed by atoms with E-state index in [9.17, 15) is 5.11 Å². The molecule has 118 valence electrons. The lowest BCUT2D eigenvalue weighted by Gasteiger charge is -2.62. The predicted molar refractivity (Wildman–Crippen MR) is 83.9 cm³/mol. The van der Waals surface area contributed by atoms with Crippen molar-refractivity contribution in [3.8, 4) is 0 Å². The van der Waals surface area contributed by atoms with E-state index in [1.807, 2.05) is 0 Å². The van der Waals surface area contributed by atoms with Crippen LogP contribution in [-0.4, -0.2) is 34.7 Å². The van der Waals surface area contributed by atoms with E-state index in [1.54, 1.807) is 0 Å². The van der Waals surface area contributed by atoms with E-state index in [-0.39, 0.29) is 5.60 Å². The lowest BCUT2D eigenvalue weighted by molar-refractivity contribution is -0.183. The summed E-state index contributed by atoms with van der Waals surface area (Å²) in [6.45, 7) is 0. The Labute approximate surface area is 129 Å². The van der Waals surface area contributed by atoms with Gasteiger partial charge in [-0.2, -0.15) is 0 Å². The van der Waals surface area contributed by atoms with Crippen molar-refractivity contribution in [2.75, 3.05) is 7.05 Å². The molecule has 1 N–H and O–H groups in total. The Morgan fingerprint density at radius 2 is 1.38 bits per heavy atom. The molecule has 4 aliphatic carbocycles. The van der Waals surface area contributed by atoms with Gasteiger partial charge in [-0.25, -0.2) is 0 Å². The van der Waals surface area contributed by atoms with Crippen molar-refractivity contribution in [3.63, 3.8) is 0 Å². The molecule has 2 saturated heterocycles. The number of fused-ring (bicyclic) bond motifs is 2. The third kappa shape index (κ3) is 1.91. The van der Waals surface area contributed by atoms with Crippen LogP contribution in [0.3, 0.4) is 0 Å². The van der Waals surface area contributed by atoms with E-state index in [4.69, 9.17) is 0 Å². The number of hydrogen-bond acceptors (Lipinski definition) is 2. The van der Waals surface area contributed by atoms with Crippen LogP contribution in [0.2, 0.25) is 0 Å². The monoisotopic (exact) mass is 289 g/mol. The van der Waals surface area contributed by atoms with Crippen molar-refractivity contribution in [2.24, 2.45) is 29.6 Å². The largest absolute Gasteiger partial charge is 0.389 e. The number of nitrogens with zero attached hydrogens (tertiary/aromatic N) is 1. The first-order valence-electron chi connectivity index (χ1n) is 9.57. The van der Waals surface area contributed by atoms with Gasteiger partial charge >= 0.3 is 0 Å². The number of rotatable bonds is 1. The quantitative estimate of drug-likeness (QED) is 0.799. The Kier molecular flexibility index (Phi) is 2.85. The maximum Gasteiger partial charge on any atom is 0.0710 e. The molecule has 2 heterocycles. The van der Waals surface area contributed by atoms with Gasteiger partial charge in [-0.1, -0.05) is 6.42 Å². The summed E-state index contributed by atoms with van der Waals surface area (Å²) in [5.41, 5.74) is -0.315. The second-order valence-corrected chi connectivity index (χ2v) is 9.37. The van der Waals surface area contributed by atoms with Gasteiger partial charge in [0.2, 0.25) is 0 Å². The van der Waals surface area contributed by atoms with Gasteiger partial charge in [0.25, 0.3) is 0 Å². The molecule has 6 aliphatic rings. The van der Waals surface area contributed by atoms with Crippen molar-refractivity contribution in [2.45, 2.75) is 81.9 Å². The Morgan fingerprint density at radius 3 is 1.90 bits per heavy atom. The fourth-order valence-electron chi connectivity index (χ4n) is 7.76. The van der Waals surface area contributed by atoms with Crippen molar-refractivity contribution in [1.82, 2.24) is 4.90 Å². The normalized spacial score (nSPS) is 59.4. The lowest BCUT2D eigenvalue weighted by atomic mass is 9.47. The minimum atomic E-state index is -0.315. The average Bonchev–Trinajstić information content (AvgIpc) is 2.39. The van der Waals surface area contributed by atoms with Crippen molar-refractivity contribution in [1.29, 1.82) is 0 Å². The summed E-state index contributed by atoms with van der Waals surface area (Å²) in [6, 6.07) is 1.33. The molecule has 2 atom stereocenters. The zero-order valence-corrected chi connectivity index (χ0v) is 13.5. The minimum Gasteiger partial charge on any atom is -0.389 e. The highest BCUT2D eigenvalue weighted by molar-refractivity contribution is 5.09. The van der Waals surface area contributed by atoms with Crippen molar-refractivity contribution < 1.29 is 5.11 Å². The smallest absolute Gasteiger partial charge is 0.0710 e. The van der Waals surface area contributed by atoms with Gasteiger partial charge in [0.1, 0.15) is 0 Å².